The smallest absolute Gasteiger partial charge is 0.223 e. The maximum Gasteiger partial charge on any atom is 0.223 e. The first-order valence-corrected chi connectivity index (χ1v) is 7.60. The lowest BCUT2D eigenvalue weighted by atomic mass is 9.95. The molecule has 2 heterocycles. The number of anilines is 1. The fourth-order valence-electron chi connectivity index (χ4n) is 2.53. The first-order valence-electron chi connectivity index (χ1n) is 6.72. The van der Waals surface area contributed by atoms with Gasteiger partial charge in [0.05, 0.1) is 5.69 Å². The zero-order chi connectivity index (χ0) is 13.7. The number of piperidine rings is 1. The molecule has 0 spiro atoms. The number of aromatic nitrogens is 1. The SMILES string of the molecule is CC(=O)Nc1nc(CN2CCCC(CCO)C2)cs1. The maximum absolute atomic E-state index is 10.9. The van der Waals surface area contributed by atoms with Crippen molar-refractivity contribution in [3.8, 4) is 0 Å². The van der Waals surface area contributed by atoms with Crippen LogP contribution in [0, 0.1) is 5.92 Å². The number of hydrogen-bond donors (Lipinski definition) is 2. The number of aliphatic hydroxyl groups is 1. The van der Waals surface area contributed by atoms with Crippen molar-refractivity contribution >= 4 is 22.4 Å². The lowest BCUT2D eigenvalue weighted by Gasteiger charge is -2.31. The molecule has 2 rings (SSSR count). The third-order valence-corrected chi connectivity index (χ3v) is 4.17. The molecule has 1 amide bonds. The Bertz CT molecular complexity index is 420. The number of nitrogens with one attached hydrogen (secondary N) is 1. The minimum atomic E-state index is -0.0816. The Hall–Kier alpha value is -0.980. The standard InChI is InChI=1S/C13H21N3O2S/c1-10(18)14-13-15-12(9-19-13)8-16-5-2-3-11(7-16)4-6-17/h9,11,17H,2-8H2,1H3,(H,14,15,18). The number of carbonyl (C=O) groups excluding carboxylic acids is 1. The number of likely N-dealkylation sites (tertiary alicyclic amines) is 1. The van der Waals surface area contributed by atoms with Crippen molar-refractivity contribution < 1.29 is 9.90 Å². The van der Waals surface area contributed by atoms with E-state index in [1.54, 1.807) is 0 Å². The van der Waals surface area contributed by atoms with Gasteiger partial charge in [-0.1, -0.05) is 0 Å². The highest BCUT2D eigenvalue weighted by Gasteiger charge is 2.20. The summed E-state index contributed by atoms with van der Waals surface area (Å²) in [5, 5.41) is 14.4. The van der Waals surface area contributed by atoms with Crippen molar-refractivity contribution in [3.05, 3.63) is 11.1 Å². The molecular weight excluding hydrogens is 262 g/mol. The maximum atomic E-state index is 10.9. The lowest BCUT2D eigenvalue weighted by Crippen LogP contribution is -2.35. The van der Waals surface area contributed by atoms with Gasteiger partial charge >= 0.3 is 0 Å². The number of amides is 1. The molecule has 0 aromatic carbocycles. The van der Waals surface area contributed by atoms with Crippen LogP contribution in [0.25, 0.3) is 0 Å². The average molecular weight is 283 g/mol. The number of thiazole rings is 1. The minimum Gasteiger partial charge on any atom is -0.396 e. The van der Waals surface area contributed by atoms with Crippen LogP contribution < -0.4 is 5.32 Å². The van der Waals surface area contributed by atoms with Gasteiger partial charge in [-0.3, -0.25) is 9.69 Å². The summed E-state index contributed by atoms with van der Waals surface area (Å²) in [5.74, 6) is 0.522. The van der Waals surface area contributed by atoms with E-state index in [1.165, 1.54) is 31.1 Å². The van der Waals surface area contributed by atoms with Gasteiger partial charge in [-0.25, -0.2) is 4.98 Å². The summed E-state index contributed by atoms with van der Waals surface area (Å²) in [5.41, 5.74) is 1.01. The molecule has 0 aliphatic carbocycles. The molecule has 1 aliphatic rings. The molecule has 0 bridgehead atoms. The fourth-order valence-corrected chi connectivity index (χ4v) is 3.28. The summed E-state index contributed by atoms with van der Waals surface area (Å²) in [6, 6.07) is 0. The largest absolute Gasteiger partial charge is 0.396 e. The van der Waals surface area contributed by atoms with Gasteiger partial charge in [0.25, 0.3) is 0 Å². The Morgan fingerprint density at radius 1 is 1.68 bits per heavy atom. The molecule has 0 saturated carbocycles. The molecule has 1 aromatic heterocycles. The number of hydrogen-bond acceptors (Lipinski definition) is 5. The summed E-state index contributed by atoms with van der Waals surface area (Å²) in [6.07, 6.45) is 3.29. The predicted molar refractivity (Wildman–Crippen MR) is 76.1 cm³/mol. The second-order valence-electron chi connectivity index (χ2n) is 5.08. The molecule has 1 fully saturated rings. The van der Waals surface area contributed by atoms with Crippen LogP contribution in [0.15, 0.2) is 5.38 Å². The molecule has 1 atom stereocenters. The molecule has 1 aromatic rings. The summed E-state index contributed by atoms with van der Waals surface area (Å²) < 4.78 is 0. The number of carbonyl (C=O) groups is 1. The van der Waals surface area contributed by atoms with E-state index in [0.29, 0.717) is 11.0 Å². The van der Waals surface area contributed by atoms with E-state index >= 15 is 0 Å². The zero-order valence-corrected chi connectivity index (χ0v) is 12.1. The second-order valence-corrected chi connectivity index (χ2v) is 5.94. The van der Waals surface area contributed by atoms with Gasteiger partial charge in [0.15, 0.2) is 5.13 Å². The molecule has 19 heavy (non-hydrogen) atoms. The number of rotatable bonds is 5. The molecular formula is C13H21N3O2S. The van der Waals surface area contributed by atoms with Crippen LogP contribution in [-0.2, 0) is 11.3 Å². The first-order chi connectivity index (χ1) is 9.17. The van der Waals surface area contributed by atoms with E-state index in [-0.39, 0.29) is 12.5 Å². The molecule has 6 heteroatoms. The molecule has 1 saturated heterocycles. The predicted octanol–water partition coefficient (Wildman–Crippen LogP) is 1.70. The van der Waals surface area contributed by atoms with Crippen LogP contribution in [-0.4, -0.2) is 40.6 Å². The van der Waals surface area contributed by atoms with Crippen LogP contribution in [0.2, 0.25) is 0 Å². The highest BCUT2D eigenvalue weighted by atomic mass is 32.1. The van der Waals surface area contributed by atoms with E-state index in [4.69, 9.17) is 5.11 Å². The highest BCUT2D eigenvalue weighted by molar-refractivity contribution is 7.13. The van der Waals surface area contributed by atoms with E-state index < -0.39 is 0 Å². The van der Waals surface area contributed by atoms with Crippen molar-refractivity contribution in [2.75, 3.05) is 25.0 Å². The minimum absolute atomic E-state index is 0.0816. The van der Waals surface area contributed by atoms with Crippen LogP contribution in [0.3, 0.4) is 0 Å². The molecule has 0 radical (unpaired) electrons. The van der Waals surface area contributed by atoms with Gasteiger partial charge in [0.2, 0.25) is 5.91 Å². The Morgan fingerprint density at radius 2 is 2.53 bits per heavy atom. The number of aliphatic hydroxyl groups excluding tert-OH is 1. The normalized spacial score (nSPS) is 20.4. The van der Waals surface area contributed by atoms with Gasteiger partial charge in [-0.05, 0) is 31.7 Å². The van der Waals surface area contributed by atoms with E-state index in [1.807, 2.05) is 5.38 Å². The lowest BCUT2D eigenvalue weighted by molar-refractivity contribution is -0.114. The van der Waals surface area contributed by atoms with E-state index in [2.05, 4.69) is 15.2 Å². The third kappa shape index (κ3) is 4.56. The monoisotopic (exact) mass is 283 g/mol. The van der Waals surface area contributed by atoms with Gasteiger partial charge in [0.1, 0.15) is 0 Å². The van der Waals surface area contributed by atoms with Crippen molar-refractivity contribution in [2.24, 2.45) is 5.92 Å². The molecule has 1 aliphatic heterocycles. The Labute approximate surface area is 117 Å². The van der Waals surface area contributed by atoms with Gasteiger partial charge in [-0.2, -0.15) is 0 Å². The topological polar surface area (TPSA) is 65.5 Å². The van der Waals surface area contributed by atoms with E-state index in [9.17, 15) is 4.79 Å². The van der Waals surface area contributed by atoms with Crippen LogP contribution in [0.5, 0.6) is 0 Å². The molecule has 2 N–H and O–H groups in total. The zero-order valence-electron chi connectivity index (χ0n) is 11.3. The second kappa shape index (κ2) is 6.98. The van der Waals surface area contributed by atoms with Crippen LogP contribution >= 0.6 is 11.3 Å². The quantitative estimate of drug-likeness (QED) is 0.863. The summed E-state index contributed by atoms with van der Waals surface area (Å²) in [6.45, 7) is 4.73. The van der Waals surface area contributed by atoms with Gasteiger partial charge in [0, 0.05) is 32.0 Å². The van der Waals surface area contributed by atoms with Gasteiger partial charge < -0.3 is 10.4 Å². The Morgan fingerprint density at radius 3 is 3.26 bits per heavy atom. The molecule has 106 valence electrons. The van der Waals surface area contributed by atoms with Crippen LogP contribution in [0.4, 0.5) is 5.13 Å². The Balaban J connectivity index is 1.86. The Kier molecular flexibility index (Phi) is 5.30. The first kappa shape index (κ1) is 14.4. The summed E-state index contributed by atoms with van der Waals surface area (Å²) in [7, 11) is 0. The van der Waals surface area contributed by atoms with Crippen molar-refractivity contribution in [1.29, 1.82) is 0 Å². The molecule has 1 unspecified atom stereocenters. The average Bonchev–Trinajstić information content (AvgIpc) is 2.76. The fraction of sp³-hybridized carbons (Fsp3) is 0.692. The van der Waals surface area contributed by atoms with Crippen LogP contribution in [0.1, 0.15) is 31.9 Å². The number of nitrogens with zero attached hydrogens (tertiary/aromatic N) is 2. The third-order valence-electron chi connectivity index (χ3n) is 3.36. The van der Waals surface area contributed by atoms with E-state index in [0.717, 1.165) is 31.7 Å². The van der Waals surface area contributed by atoms with Crippen molar-refractivity contribution in [3.63, 3.8) is 0 Å². The van der Waals surface area contributed by atoms with Crippen molar-refractivity contribution in [2.45, 2.75) is 32.7 Å². The highest BCUT2D eigenvalue weighted by Crippen LogP contribution is 2.22. The summed E-state index contributed by atoms with van der Waals surface area (Å²) in [4.78, 5) is 17.7. The van der Waals surface area contributed by atoms with Gasteiger partial charge in [-0.15, -0.1) is 11.3 Å². The molecule has 5 nitrogen and oxygen atoms in total. The summed E-state index contributed by atoms with van der Waals surface area (Å²) >= 11 is 1.47. The van der Waals surface area contributed by atoms with Crippen molar-refractivity contribution in [1.82, 2.24) is 9.88 Å².